The highest BCUT2D eigenvalue weighted by Gasteiger charge is 2.04. The second-order valence-electron chi connectivity index (χ2n) is 2.35. The van der Waals surface area contributed by atoms with E-state index < -0.39 is 10.2 Å². The highest BCUT2D eigenvalue weighted by atomic mass is 35.5. The minimum Gasteiger partial charge on any atom is -0.195 e. The van der Waals surface area contributed by atoms with Gasteiger partial charge in [0.2, 0.25) is 0 Å². The fraction of sp³-hybridized carbons (Fsp3) is 1.00. The van der Waals surface area contributed by atoms with Crippen LogP contribution in [0.4, 0.5) is 3.89 Å². The van der Waals surface area contributed by atoms with Crippen LogP contribution in [0, 0.1) is 0 Å². The van der Waals surface area contributed by atoms with Gasteiger partial charge in [0.15, 0.2) is 0 Å². The molecule has 0 spiro atoms. The van der Waals surface area contributed by atoms with Gasteiger partial charge >= 0.3 is 10.2 Å². The molecular formula is C6H12ClFO2S. The van der Waals surface area contributed by atoms with Crippen LogP contribution in [-0.2, 0) is 10.2 Å². The van der Waals surface area contributed by atoms with E-state index in [0.717, 1.165) is 19.3 Å². The number of hydrogen-bond donors (Lipinski definition) is 0. The molecule has 0 aliphatic rings. The zero-order valence-corrected chi connectivity index (χ0v) is 7.80. The molecule has 68 valence electrons. The molecule has 11 heavy (non-hydrogen) atoms. The molecule has 0 aliphatic heterocycles. The van der Waals surface area contributed by atoms with Crippen LogP contribution in [0.1, 0.15) is 25.7 Å². The Hall–Kier alpha value is 0.170. The average molecular weight is 203 g/mol. The van der Waals surface area contributed by atoms with E-state index in [0.29, 0.717) is 12.3 Å². The molecule has 5 heteroatoms. The Morgan fingerprint density at radius 2 is 1.64 bits per heavy atom. The van der Waals surface area contributed by atoms with Crippen molar-refractivity contribution in [2.75, 3.05) is 11.6 Å². The summed E-state index contributed by atoms with van der Waals surface area (Å²) in [6, 6.07) is 0. The normalized spacial score (nSPS) is 11.8. The molecule has 0 atom stereocenters. The van der Waals surface area contributed by atoms with Gasteiger partial charge in [-0.25, -0.2) is 0 Å². The lowest BCUT2D eigenvalue weighted by molar-refractivity contribution is 0.546. The maximum Gasteiger partial charge on any atom is 0.302 e. The Bertz CT molecular complexity index is 179. The summed E-state index contributed by atoms with van der Waals surface area (Å²) < 4.78 is 31.8. The lowest BCUT2D eigenvalue weighted by Gasteiger charge is -1.95. The molecule has 0 aliphatic carbocycles. The largest absolute Gasteiger partial charge is 0.302 e. The Labute approximate surface area is 72.0 Å². The summed E-state index contributed by atoms with van der Waals surface area (Å²) in [6.07, 6.45) is 2.87. The fourth-order valence-corrected chi connectivity index (χ4v) is 1.46. The highest BCUT2D eigenvalue weighted by molar-refractivity contribution is 7.86. The Kier molecular flexibility index (Phi) is 5.86. The van der Waals surface area contributed by atoms with Gasteiger partial charge in [0, 0.05) is 5.88 Å². The molecule has 0 bridgehead atoms. The SMILES string of the molecule is O=S(=O)(F)CCCCCCCl. The van der Waals surface area contributed by atoms with Gasteiger partial charge in [-0.05, 0) is 12.8 Å². The molecule has 0 aromatic heterocycles. The van der Waals surface area contributed by atoms with Crippen molar-refractivity contribution in [2.45, 2.75) is 25.7 Å². The van der Waals surface area contributed by atoms with E-state index in [-0.39, 0.29) is 5.75 Å². The van der Waals surface area contributed by atoms with Crippen molar-refractivity contribution in [2.24, 2.45) is 0 Å². The molecule has 0 aromatic carbocycles. The highest BCUT2D eigenvalue weighted by Crippen LogP contribution is 2.04. The van der Waals surface area contributed by atoms with Gasteiger partial charge in [-0.15, -0.1) is 15.5 Å². The fourth-order valence-electron chi connectivity index (χ4n) is 0.723. The first-order valence-corrected chi connectivity index (χ1v) is 5.63. The number of unbranched alkanes of at least 4 members (excludes halogenated alkanes) is 3. The molecular weight excluding hydrogens is 191 g/mol. The topological polar surface area (TPSA) is 34.1 Å². The summed E-state index contributed by atoms with van der Waals surface area (Å²) in [5, 5.41) is 0. The third-order valence-corrected chi connectivity index (χ3v) is 2.32. The van der Waals surface area contributed by atoms with Gasteiger partial charge < -0.3 is 0 Å². The Morgan fingerprint density at radius 1 is 1.09 bits per heavy atom. The van der Waals surface area contributed by atoms with Gasteiger partial charge in [-0.2, -0.15) is 8.42 Å². The van der Waals surface area contributed by atoms with Crippen LogP contribution in [0.5, 0.6) is 0 Å². The summed E-state index contributed by atoms with van der Waals surface area (Å²) in [7, 11) is -4.24. The third kappa shape index (κ3) is 10.2. The maximum atomic E-state index is 11.8. The second kappa shape index (κ2) is 5.77. The maximum absolute atomic E-state index is 11.8. The van der Waals surface area contributed by atoms with Crippen LogP contribution in [-0.4, -0.2) is 20.1 Å². The lowest BCUT2D eigenvalue weighted by atomic mass is 10.2. The van der Waals surface area contributed by atoms with E-state index in [9.17, 15) is 12.3 Å². The zero-order valence-electron chi connectivity index (χ0n) is 6.22. The molecule has 0 amide bonds. The van der Waals surface area contributed by atoms with Crippen LogP contribution in [0.2, 0.25) is 0 Å². The molecule has 0 N–H and O–H groups in total. The van der Waals surface area contributed by atoms with Gasteiger partial charge in [0.25, 0.3) is 0 Å². The summed E-state index contributed by atoms with van der Waals surface area (Å²) in [5.74, 6) is 0.234. The van der Waals surface area contributed by atoms with Crippen LogP contribution in [0.3, 0.4) is 0 Å². The molecule has 0 rings (SSSR count). The molecule has 0 unspecified atom stereocenters. The van der Waals surface area contributed by atoms with Crippen molar-refractivity contribution in [3.8, 4) is 0 Å². The number of rotatable bonds is 6. The molecule has 2 nitrogen and oxygen atoms in total. The van der Waals surface area contributed by atoms with Gasteiger partial charge in [-0.1, -0.05) is 12.8 Å². The first-order chi connectivity index (χ1) is 5.06. The van der Waals surface area contributed by atoms with E-state index in [1.165, 1.54) is 0 Å². The smallest absolute Gasteiger partial charge is 0.195 e. The van der Waals surface area contributed by atoms with Gasteiger partial charge in [0.05, 0.1) is 5.75 Å². The van der Waals surface area contributed by atoms with Crippen molar-refractivity contribution >= 4 is 21.8 Å². The van der Waals surface area contributed by atoms with E-state index in [4.69, 9.17) is 11.6 Å². The Morgan fingerprint density at radius 3 is 2.09 bits per heavy atom. The van der Waals surface area contributed by atoms with E-state index in [1.54, 1.807) is 0 Å². The summed E-state index contributed by atoms with van der Waals surface area (Å²) in [6.45, 7) is 0. The quantitative estimate of drug-likeness (QED) is 0.376. The van der Waals surface area contributed by atoms with Crippen LogP contribution >= 0.6 is 11.6 Å². The van der Waals surface area contributed by atoms with Gasteiger partial charge in [-0.3, -0.25) is 0 Å². The van der Waals surface area contributed by atoms with E-state index in [1.807, 2.05) is 0 Å². The summed E-state index contributed by atoms with van der Waals surface area (Å²) in [5.41, 5.74) is 0. The van der Waals surface area contributed by atoms with Crippen molar-refractivity contribution in [3.63, 3.8) is 0 Å². The van der Waals surface area contributed by atoms with E-state index in [2.05, 4.69) is 0 Å². The molecule has 0 saturated heterocycles. The number of hydrogen-bond acceptors (Lipinski definition) is 2. The predicted octanol–water partition coefficient (Wildman–Crippen LogP) is 2.08. The number of halogens is 2. The summed E-state index contributed by atoms with van der Waals surface area (Å²) in [4.78, 5) is 0. The van der Waals surface area contributed by atoms with Crippen LogP contribution < -0.4 is 0 Å². The van der Waals surface area contributed by atoms with Crippen LogP contribution in [0.15, 0.2) is 0 Å². The monoisotopic (exact) mass is 202 g/mol. The number of alkyl halides is 1. The van der Waals surface area contributed by atoms with E-state index >= 15 is 0 Å². The first kappa shape index (κ1) is 11.2. The second-order valence-corrected chi connectivity index (χ2v) is 4.21. The predicted molar refractivity (Wildman–Crippen MR) is 44.1 cm³/mol. The van der Waals surface area contributed by atoms with Gasteiger partial charge in [0.1, 0.15) is 0 Å². The molecule has 0 radical (unpaired) electrons. The van der Waals surface area contributed by atoms with Crippen LogP contribution in [0.25, 0.3) is 0 Å². The first-order valence-electron chi connectivity index (χ1n) is 3.54. The van der Waals surface area contributed by atoms with Crippen molar-refractivity contribution in [1.82, 2.24) is 0 Å². The molecule has 0 fully saturated rings. The summed E-state index contributed by atoms with van der Waals surface area (Å²) >= 11 is 5.38. The lowest BCUT2D eigenvalue weighted by Crippen LogP contribution is -1.97. The minimum atomic E-state index is -4.24. The zero-order chi connectivity index (χ0) is 8.74. The standard InChI is InChI=1S/C6H12ClFO2S/c7-5-3-1-2-4-6-11(8,9)10/h1-6H2. The molecule has 0 saturated carbocycles. The molecule has 0 aromatic rings. The Balaban J connectivity index is 3.16. The van der Waals surface area contributed by atoms with Crippen molar-refractivity contribution in [1.29, 1.82) is 0 Å². The minimum absolute atomic E-state index is 0.352. The third-order valence-electron chi connectivity index (χ3n) is 1.27. The molecule has 0 heterocycles. The van der Waals surface area contributed by atoms with Crippen molar-refractivity contribution < 1.29 is 12.3 Å². The average Bonchev–Trinajstić information content (AvgIpc) is 1.85. The van der Waals surface area contributed by atoms with Crippen molar-refractivity contribution in [3.05, 3.63) is 0 Å².